The van der Waals surface area contributed by atoms with E-state index in [2.05, 4.69) is 34.7 Å². The molecule has 0 fully saturated rings. The minimum atomic E-state index is 0.103. The van der Waals surface area contributed by atoms with Crippen molar-refractivity contribution in [3.05, 3.63) is 64.4 Å². The Balaban J connectivity index is 1.80. The van der Waals surface area contributed by atoms with Crippen molar-refractivity contribution in [2.24, 2.45) is 5.84 Å². The Hall–Kier alpha value is -1.42. The van der Waals surface area contributed by atoms with Crippen LogP contribution in [-0.4, -0.2) is 4.98 Å². The quantitative estimate of drug-likeness (QED) is 0.514. The van der Waals surface area contributed by atoms with Gasteiger partial charge < -0.3 is 0 Å². The van der Waals surface area contributed by atoms with Gasteiger partial charge in [-0.1, -0.05) is 41.9 Å². The fourth-order valence-corrected chi connectivity index (χ4v) is 3.39. The van der Waals surface area contributed by atoms with Crippen LogP contribution in [0.1, 0.15) is 47.9 Å². The van der Waals surface area contributed by atoms with E-state index in [1.165, 1.54) is 30.4 Å². The number of rotatable bonds is 4. The molecule has 2 aromatic rings. The molecule has 1 heterocycles. The van der Waals surface area contributed by atoms with Crippen LogP contribution in [0.4, 0.5) is 0 Å². The van der Waals surface area contributed by atoms with Crippen molar-refractivity contribution in [2.45, 2.75) is 37.6 Å². The summed E-state index contributed by atoms with van der Waals surface area (Å²) in [6.45, 7) is 0. The second kappa shape index (κ2) is 6.56. The first kappa shape index (κ1) is 14.5. The van der Waals surface area contributed by atoms with Crippen LogP contribution in [0.5, 0.6) is 0 Å². The van der Waals surface area contributed by atoms with Gasteiger partial charge in [-0.2, -0.15) is 0 Å². The van der Waals surface area contributed by atoms with Gasteiger partial charge in [0.25, 0.3) is 0 Å². The molecule has 1 aliphatic rings. The number of benzene rings is 1. The Kier molecular flexibility index (Phi) is 4.54. The van der Waals surface area contributed by atoms with Gasteiger partial charge in [-0.05, 0) is 54.4 Å². The third-order valence-electron chi connectivity index (χ3n) is 4.37. The lowest BCUT2D eigenvalue weighted by Crippen LogP contribution is -2.30. The number of halogens is 1. The maximum Gasteiger partial charge on any atom is 0.129 e. The second-order valence-electron chi connectivity index (χ2n) is 5.66. The second-order valence-corrected chi connectivity index (χ2v) is 6.04. The Labute approximate surface area is 130 Å². The minimum Gasteiger partial charge on any atom is -0.271 e. The summed E-state index contributed by atoms with van der Waals surface area (Å²) >= 11 is 5.86. The minimum absolute atomic E-state index is 0.103. The molecule has 0 saturated carbocycles. The fourth-order valence-electron chi connectivity index (χ4n) is 3.28. The zero-order valence-corrected chi connectivity index (χ0v) is 12.7. The summed E-state index contributed by atoms with van der Waals surface area (Å²) in [7, 11) is 0. The number of hydrogen-bond acceptors (Lipinski definition) is 3. The zero-order valence-electron chi connectivity index (χ0n) is 11.9. The average Bonchev–Trinajstić information content (AvgIpc) is 2.54. The summed E-state index contributed by atoms with van der Waals surface area (Å²) in [5.41, 5.74) is 6.98. The fraction of sp³-hybridized carbons (Fsp3) is 0.353. The van der Waals surface area contributed by atoms with E-state index in [0.717, 1.165) is 12.0 Å². The molecule has 1 aromatic carbocycles. The van der Waals surface area contributed by atoms with Crippen LogP contribution in [0.2, 0.25) is 5.15 Å². The van der Waals surface area contributed by atoms with Crippen LogP contribution >= 0.6 is 11.6 Å². The van der Waals surface area contributed by atoms with Gasteiger partial charge in [0.2, 0.25) is 0 Å². The van der Waals surface area contributed by atoms with Crippen molar-refractivity contribution in [1.29, 1.82) is 0 Å². The van der Waals surface area contributed by atoms with Crippen molar-refractivity contribution in [2.75, 3.05) is 0 Å². The highest BCUT2D eigenvalue weighted by Gasteiger charge is 2.23. The third kappa shape index (κ3) is 3.26. The summed E-state index contributed by atoms with van der Waals surface area (Å²) < 4.78 is 0. The molecule has 3 N–H and O–H groups in total. The molecule has 1 aliphatic carbocycles. The zero-order chi connectivity index (χ0) is 14.7. The maximum atomic E-state index is 5.86. The summed E-state index contributed by atoms with van der Waals surface area (Å²) in [6.07, 6.45) is 6.45. The van der Waals surface area contributed by atoms with Crippen LogP contribution < -0.4 is 11.3 Å². The largest absolute Gasteiger partial charge is 0.271 e. The van der Waals surface area contributed by atoms with Crippen LogP contribution in [0, 0.1) is 0 Å². The predicted octanol–water partition coefficient (Wildman–Crippen LogP) is 3.75. The lowest BCUT2D eigenvalue weighted by molar-refractivity contribution is 0.425. The molecule has 0 amide bonds. The molecule has 110 valence electrons. The molecule has 4 heteroatoms. The highest BCUT2D eigenvalue weighted by molar-refractivity contribution is 6.29. The number of nitrogens with two attached hydrogens (primary N) is 1. The summed E-state index contributed by atoms with van der Waals surface area (Å²) in [4.78, 5) is 4.16. The standard InChI is InChI=1S/C17H20ClN3/c18-17-9-8-14(11-20-17)16(21-19)10-13-6-3-5-12-4-1-2-7-15(12)13/h1-2,4,7-9,11,13,16,21H,3,5-6,10,19H2. The van der Waals surface area contributed by atoms with Gasteiger partial charge in [-0.25, -0.2) is 4.98 Å². The van der Waals surface area contributed by atoms with Crippen LogP contribution in [0.25, 0.3) is 0 Å². The molecule has 0 saturated heterocycles. The Morgan fingerprint density at radius 2 is 2.14 bits per heavy atom. The molecule has 3 nitrogen and oxygen atoms in total. The lowest BCUT2D eigenvalue weighted by Gasteiger charge is -2.29. The van der Waals surface area contributed by atoms with E-state index in [0.29, 0.717) is 11.1 Å². The van der Waals surface area contributed by atoms with Crippen molar-refractivity contribution in [3.8, 4) is 0 Å². The first-order valence-electron chi connectivity index (χ1n) is 7.43. The van der Waals surface area contributed by atoms with Gasteiger partial charge in [0, 0.05) is 12.2 Å². The Morgan fingerprint density at radius 3 is 2.90 bits per heavy atom. The topological polar surface area (TPSA) is 50.9 Å². The molecule has 1 aromatic heterocycles. The number of hydrazine groups is 1. The van der Waals surface area contributed by atoms with Gasteiger partial charge in [0.15, 0.2) is 0 Å². The molecule has 3 rings (SSSR count). The number of aromatic nitrogens is 1. The molecular formula is C17H20ClN3. The van der Waals surface area contributed by atoms with Gasteiger partial charge in [-0.15, -0.1) is 0 Å². The molecule has 2 unspecified atom stereocenters. The highest BCUT2D eigenvalue weighted by Crippen LogP contribution is 2.37. The van der Waals surface area contributed by atoms with Crippen LogP contribution in [0.3, 0.4) is 0 Å². The highest BCUT2D eigenvalue weighted by atomic mass is 35.5. The maximum absolute atomic E-state index is 5.86. The van der Waals surface area contributed by atoms with E-state index < -0.39 is 0 Å². The first-order valence-corrected chi connectivity index (χ1v) is 7.81. The number of hydrogen-bond donors (Lipinski definition) is 2. The van der Waals surface area contributed by atoms with E-state index in [-0.39, 0.29) is 6.04 Å². The normalized spacial score (nSPS) is 19.0. The van der Waals surface area contributed by atoms with Gasteiger partial charge >= 0.3 is 0 Å². The first-order chi connectivity index (χ1) is 10.3. The molecule has 0 spiro atoms. The van der Waals surface area contributed by atoms with E-state index in [4.69, 9.17) is 17.4 Å². The Morgan fingerprint density at radius 1 is 1.29 bits per heavy atom. The van der Waals surface area contributed by atoms with Gasteiger partial charge in [0.1, 0.15) is 5.15 Å². The van der Waals surface area contributed by atoms with Crippen molar-refractivity contribution in [3.63, 3.8) is 0 Å². The molecule has 0 aliphatic heterocycles. The van der Waals surface area contributed by atoms with Crippen molar-refractivity contribution in [1.82, 2.24) is 10.4 Å². The average molecular weight is 302 g/mol. The predicted molar refractivity (Wildman–Crippen MR) is 86.0 cm³/mol. The van der Waals surface area contributed by atoms with Crippen LogP contribution in [0.15, 0.2) is 42.6 Å². The molecule has 0 radical (unpaired) electrons. The van der Waals surface area contributed by atoms with E-state index >= 15 is 0 Å². The summed E-state index contributed by atoms with van der Waals surface area (Å²) in [6, 6.07) is 12.7. The monoisotopic (exact) mass is 301 g/mol. The number of fused-ring (bicyclic) bond motifs is 1. The molecule has 0 bridgehead atoms. The van der Waals surface area contributed by atoms with Crippen LogP contribution in [-0.2, 0) is 6.42 Å². The third-order valence-corrected chi connectivity index (χ3v) is 4.59. The molecular weight excluding hydrogens is 282 g/mol. The summed E-state index contributed by atoms with van der Waals surface area (Å²) in [5.74, 6) is 6.32. The lowest BCUT2D eigenvalue weighted by atomic mass is 9.79. The van der Waals surface area contributed by atoms with Crippen molar-refractivity contribution >= 4 is 11.6 Å². The van der Waals surface area contributed by atoms with E-state index in [1.54, 1.807) is 0 Å². The number of aryl methyl sites for hydroxylation is 1. The Bertz CT molecular complexity index is 597. The van der Waals surface area contributed by atoms with E-state index in [1.807, 2.05) is 18.3 Å². The van der Waals surface area contributed by atoms with Gasteiger partial charge in [0.05, 0.1) is 0 Å². The van der Waals surface area contributed by atoms with Crippen molar-refractivity contribution < 1.29 is 0 Å². The number of nitrogens with one attached hydrogen (secondary N) is 1. The number of nitrogens with zero attached hydrogens (tertiary/aromatic N) is 1. The smallest absolute Gasteiger partial charge is 0.129 e. The molecule has 21 heavy (non-hydrogen) atoms. The van der Waals surface area contributed by atoms with Gasteiger partial charge in [-0.3, -0.25) is 11.3 Å². The summed E-state index contributed by atoms with van der Waals surface area (Å²) in [5, 5.41) is 0.512. The van der Waals surface area contributed by atoms with E-state index in [9.17, 15) is 0 Å². The molecule has 2 atom stereocenters. The number of pyridine rings is 1. The SMILES string of the molecule is NNC(CC1CCCc2ccccc21)c1ccc(Cl)nc1.